The number of carbonyl (C=O) groups is 1. The summed E-state index contributed by atoms with van der Waals surface area (Å²) in [5.41, 5.74) is 2.68. The van der Waals surface area contributed by atoms with Gasteiger partial charge in [0.25, 0.3) is 0 Å². The second-order valence-electron chi connectivity index (χ2n) is 8.35. The number of para-hydroxylation sites is 1. The van der Waals surface area contributed by atoms with Crippen molar-refractivity contribution in [3.63, 3.8) is 0 Å². The summed E-state index contributed by atoms with van der Waals surface area (Å²) < 4.78 is 5.67. The van der Waals surface area contributed by atoms with Crippen LogP contribution in [0.1, 0.15) is 44.6 Å². The first-order chi connectivity index (χ1) is 13.1. The lowest BCUT2D eigenvalue weighted by Gasteiger charge is -2.41. The van der Waals surface area contributed by atoms with Crippen molar-refractivity contribution < 1.29 is 14.6 Å². The standard InChI is InChI=1S/C22H32N2O3/c1-16-9-10-17-5-2-3-7-19(17)23(16)12-11-22(26)24-13-14-27-15-20(24)18-6-4-8-21(18)25/h2-3,5,7,16,18,20-21,25H,4,6,8-15H2,1H3/t16-,18+,20-,21-/m1/s1. The second kappa shape index (κ2) is 8.19. The molecule has 5 nitrogen and oxygen atoms in total. The predicted molar refractivity (Wildman–Crippen MR) is 106 cm³/mol. The van der Waals surface area contributed by atoms with Crippen LogP contribution in [0.4, 0.5) is 5.69 Å². The summed E-state index contributed by atoms with van der Waals surface area (Å²) in [6, 6.07) is 9.08. The molecule has 1 aromatic rings. The zero-order chi connectivity index (χ0) is 18.8. The molecule has 4 rings (SSSR count). The summed E-state index contributed by atoms with van der Waals surface area (Å²) in [4.78, 5) is 17.5. The summed E-state index contributed by atoms with van der Waals surface area (Å²) in [7, 11) is 0. The molecule has 0 aromatic heterocycles. The Morgan fingerprint density at radius 3 is 2.93 bits per heavy atom. The lowest BCUT2D eigenvalue weighted by molar-refractivity contribution is -0.143. The number of amides is 1. The Labute approximate surface area is 162 Å². The number of hydrogen-bond acceptors (Lipinski definition) is 4. The van der Waals surface area contributed by atoms with Gasteiger partial charge in [-0.25, -0.2) is 0 Å². The summed E-state index contributed by atoms with van der Waals surface area (Å²) in [5, 5.41) is 10.3. The molecule has 1 saturated carbocycles. The largest absolute Gasteiger partial charge is 0.393 e. The van der Waals surface area contributed by atoms with E-state index in [0.29, 0.717) is 32.2 Å². The van der Waals surface area contributed by atoms with Crippen molar-refractivity contribution in [3.05, 3.63) is 29.8 Å². The van der Waals surface area contributed by atoms with E-state index in [-0.39, 0.29) is 24.0 Å². The van der Waals surface area contributed by atoms with Crippen molar-refractivity contribution in [2.45, 2.75) is 63.6 Å². The molecule has 1 saturated heterocycles. The van der Waals surface area contributed by atoms with Crippen molar-refractivity contribution >= 4 is 11.6 Å². The molecular formula is C22H32N2O3. The number of rotatable bonds is 4. The minimum atomic E-state index is -0.291. The van der Waals surface area contributed by atoms with E-state index in [4.69, 9.17) is 4.74 Å². The molecule has 2 aliphatic heterocycles. The molecule has 0 radical (unpaired) electrons. The molecule has 4 atom stereocenters. The van der Waals surface area contributed by atoms with Crippen molar-refractivity contribution in [3.8, 4) is 0 Å². The van der Waals surface area contributed by atoms with E-state index in [0.717, 1.165) is 38.6 Å². The Morgan fingerprint density at radius 2 is 2.11 bits per heavy atom. The monoisotopic (exact) mass is 372 g/mol. The zero-order valence-corrected chi connectivity index (χ0v) is 16.3. The topological polar surface area (TPSA) is 53.0 Å². The van der Waals surface area contributed by atoms with Crippen LogP contribution in [0.15, 0.2) is 24.3 Å². The van der Waals surface area contributed by atoms with E-state index >= 15 is 0 Å². The van der Waals surface area contributed by atoms with Crippen molar-refractivity contribution in [2.24, 2.45) is 5.92 Å². The molecule has 5 heteroatoms. The highest BCUT2D eigenvalue weighted by molar-refractivity contribution is 5.77. The number of morpholine rings is 1. The highest BCUT2D eigenvalue weighted by atomic mass is 16.5. The summed E-state index contributed by atoms with van der Waals surface area (Å²) in [5.74, 6) is 0.376. The maximum atomic E-state index is 13.1. The van der Waals surface area contributed by atoms with Gasteiger partial charge in [-0.15, -0.1) is 0 Å². The number of aliphatic hydroxyl groups excluding tert-OH is 1. The first-order valence-electron chi connectivity index (χ1n) is 10.5. The van der Waals surface area contributed by atoms with E-state index in [1.807, 2.05) is 4.90 Å². The maximum absolute atomic E-state index is 13.1. The molecule has 0 bridgehead atoms. The van der Waals surface area contributed by atoms with Gasteiger partial charge in [0, 0.05) is 37.2 Å². The molecule has 1 aliphatic carbocycles. The Kier molecular flexibility index (Phi) is 5.69. The van der Waals surface area contributed by atoms with Crippen LogP contribution in [0.3, 0.4) is 0 Å². The fourth-order valence-corrected chi connectivity index (χ4v) is 5.17. The van der Waals surface area contributed by atoms with Crippen LogP contribution in [0.25, 0.3) is 0 Å². The molecule has 0 unspecified atom stereocenters. The minimum Gasteiger partial charge on any atom is -0.393 e. The molecular weight excluding hydrogens is 340 g/mol. The van der Waals surface area contributed by atoms with E-state index < -0.39 is 0 Å². The quantitative estimate of drug-likeness (QED) is 0.883. The SMILES string of the molecule is C[C@@H]1CCc2ccccc2N1CCC(=O)N1CCOC[C@@H]1[C@@H]1CCC[C@H]1O. The molecule has 1 amide bonds. The summed E-state index contributed by atoms with van der Waals surface area (Å²) in [6.45, 7) is 4.84. The number of benzene rings is 1. The highest BCUT2D eigenvalue weighted by Crippen LogP contribution is 2.33. The van der Waals surface area contributed by atoms with Crippen LogP contribution in [0, 0.1) is 5.92 Å². The lowest BCUT2D eigenvalue weighted by atomic mass is 9.93. The minimum absolute atomic E-state index is 0.0369. The number of aliphatic hydroxyl groups is 1. The lowest BCUT2D eigenvalue weighted by Crippen LogP contribution is -2.54. The number of nitrogens with zero attached hydrogens (tertiary/aromatic N) is 2. The number of anilines is 1. The molecule has 2 heterocycles. The molecule has 3 aliphatic rings. The van der Waals surface area contributed by atoms with Gasteiger partial charge >= 0.3 is 0 Å². The second-order valence-corrected chi connectivity index (χ2v) is 8.35. The third kappa shape index (κ3) is 3.85. The van der Waals surface area contributed by atoms with E-state index in [1.54, 1.807) is 0 Å². The Morgan fingerprint density at radius 1 is 1.26 bits per heavy atom. The summed E-state index contributed by atoms with van der Waals surface area (Å²) >= 11 is 0. The van der Waals surface area contributed by atoms with Crippen LogP contribution < -0.4 is 4.90 Å². The maximum Gasteiger partial charge on any atom is 0.224 e. The van der Waals surface area contributed by atoms with Gasteiger partial charge in [0.15, 0.2) is 0 Å². The van der Waals surface area contributed by atoms with Gasteiger partial charge in [-0.05, 0) is 44.2 Å². The van der Waals surface area contributed by atoms with E-state index in [2.05, 4.69) is 36.1 Å². The van der Waals surface area contributed by atoms with Gasteiger partial charge in [-0.2, -0.15) is 0 Å². The number of hydrogen-bond donors (Lipinski definition) is 1. The molecule has 0 spiro atoms. The van der Waals surface area contributed by atoms with Crippen molar-refractivity contribution in [1.82, 2.24) is 4.90 Å². The van der Waals surface area contributed by atoms with Gasteiger partial charge in [0.2, 0.25) is 5.91 Å². The molecule has 1 N–H and O–H groups in total. The number of carbonyl (C=O) groups excluding carboxylic acids is 1. The molecule has 148 valence electrons. The highest BCUT2D eigenvalue weighted by Gasteiger charge is 2.39. The third-order valence-electron chi connectivity index (χ3n) is 6.74. The van der Waals surface area contributed by atoms with Gasteiger partial charge < -0.3 is 19.6 Å². The van der Waals surface area contributed by atoms with Crippen LogP contribution in [-0.4, -0.2) is 60.4 Å². The average Bonchev–Trinajstić information content (AvgIpc) is 3.12. The number of fused-ring (bicyclic) bond motifs is 1. The predicted octanol–water partition coefficient (Wildman–Crippen LogP) is 2.61. The smallest absolute Gasteiger partial charge is 0.224 e. The van der Waals surface area contributed by atoms with Crippen LogP contribution in [-0.2, 0) is 16.0 Å². The van der Waals surface area contributed by atoms with Crippen molar-refractivity contribution in [2.75, 3.05) is 31.2 Å². The van der Waals surface area contributed by atoms with Gasteiger partial charge in [0.05, 0.1) is 25.4 Å². The molecule has 27 heavy (non-hydrogen) atoms. The Hall–Kier alpha value is -1.59. The number of aryl methyl sites for hydroxylation is 1. The van der Waals surface area contributed by atoms with Gasteiger partial charge in [0.1, 0.15) is 0 Å². The Balaban J connectivity index is 1.42. The van der Waals surface area contributed by atoms with E-state index in [9.17, 15) is 9.90 Å². The Bertz CT molecular complexity index is 665. The zero-order valence-electron chi connectivity index (χ0n) is 16.3. The average molecular weight is 373 g/mol. The first-order valence-corrected chi connectivity index (χ1v) is 10.5. The first kappa shape index (κ1) is 18.8. The fraction of sp³-hybridized carbons (Fsp3) is 0.682. The summed E-state index contributed by atoms with van der Waals surface area (Å²) in [6.07, 6.45) is 5.39. The van der Waals surface area contributed by atoms with Gasteiger partial charge in [-0.3, -0.25) is 4.79 Å². The van der Waals surface area contributed by atoms with Crippen LogP contribution in [0.2, 0.25) is 0 Å². The van der Waals surface area contributed by atoms with Gasteiger partial charge in [-0.1, -0.05) is 24.6 Å². The molecule has 2 fully saturated rings. The third-order valence-corrected chi connectivity index (χ3v) is 6.74. The molecule has 1 aromatic carbocycles. The van der Waals surface area contributed by atoms with Crippen LogP contribution >= 0.6 is 0 Å². The van der Waals surface area contributed by atoms with Crippen LogP contribution in [0.5, 0.6) is 0 Å². The fourth-order valence-electron chi connectivity index (χ4n) is 5.17. The number of ether oxygens (including phenoxy) is 1. The van der Waals surface area contributed by atoms with E-state index in [1.165, 1.54) is 11.3 Å². The van der Waals surface area contributed by atoms with Crippen molar-refractivity contribution in [1.29, 1.82) is 0 Å². The normalized spacial score (nSPS) is 31.0.